The molecule has 1 aromatic rings. The van der Waals surface area contributed by atoms with Gasteiger partial charge in [-0.15, -0.1) is 0 Å². The maximum Gasteiger partial charge on any atom is 0.251 e. The molecule has 1 saturated carbocycles. The summed E-state index contributed by atoms with van der Waals surface area (Å²) in [6.45, 7) is 2.83. The molecule has 98 valence electrons. The van der Waals surface area contributed by atoms with Crippen molar-refractivity contribution in [3.8, 4) is 0 Å². The van der Waals surface area contributed by atoms with Gasteiger partial charge >= 0.3 is 0 Å². The molecule has 0 atom stereocenters. The highest BCUT2D eigenvalue weighted by Crippen LogP contribution is 2.47. The van der Waals surface area contributed by atoms with E-state index in [0.29, 0.717) is 12.1 Å². The Morgan fingerprint density at radius 1 is 1.44 bits per heavy atom. The van der Waals surface area contributed by atoms with Crippen LogP contribution in [-0.2, 0) is 0 Å². The number of hydrogen-bond acceptors (Lipinski definition) is 2. The van der Waals surface area contributed by atoms with Crippen LogP contribution in [-0.4, -0.2) is 24.2 Å². The van der Waals surface area contributed by atoms with E-state index >= 15 is 0 Å². The summed E-state index contributed by atoms with van der Waals surface area (Å²) in [6, 6.07) is 5.69. The summed E-state index contributed by atoms with van der Waals surface area (Å²) in [5.74, 6) is -0.0383. The van der Waals surface area contributed by atoms with Crippen LogP contribution in [0, 0.1) is 12.3 Å². The quantitative estimate of drug-likeness (QED) is 0.878. The molecule has 0 heterocycles. The Morgan fingerprint density at radius 3 is 2.72 bits per heavy atom. The minimum absolute atomic E-state index is 0.0383. The van der Waals surface area contributed by atoms with Gasteiger partial charge < -0.3 is 10.4 Å². The average molecular weight is 312 g/mol. The first-order valence-electron chi connectivity index (χ1n) is 6.21. The minimum Gasteiger partial charge on any atom is -0.396 e. The SMILES string of the molecule is Cc1cc(Br)cc(C(=O)NCC2(CCO)CC2)c1. The van der Waals surface area contributed by atoms with Crippen molar-refractivity contribution in [3.05, 3.63) is 33.8 Å². The lowest BCUT2D eigenvalue weighted by molar-refractivity contribution is 0.0940. The zero-order chi connectivity index (χ0) is 13.2. The summed E-state index contributed by atoms with van der Waals surface area (Å²) >= 11 is 3.40. The van der Waals surface area contributed by atoms with Crippen molar-refractivity contribution in [1.82, 2.24) is 5.32 Å². The van der Waals surface area contributed by atoms with E-state index in [1.165, 1.54) is 0 Å². The first kappa shape index (κ1) is 13.6. The third-order valence-electron chi connectivity index (χ3n) is 3.53. The van der Waals surface area contributed by atoms with E-state index in [9.17, 15) is 4.79 Å². The van der Waals surface area contributed by atoms with E-state index in [-0.39, 0.29) is 17.9 Å². The van der Waals surface area contributed by atoms with Crippen molar-refractivity contribution in [2.45, 2.75) is 26.2 Å². The molecular formula is C14H18BrNO2. The van der Waals surface area contributed by atoms with Crippen LogP contribution in [0.15, 0.2) is 22.7 Å². The highest BCUT2D eigenvalue weighted by atomic mass is 79.9. The predicted molar refractivity (Wildman–Crippen MR) is 74.6 cm³/mol. The third kappa shape index (κ3) is 3.33. The van der Waals surface area contributed by atoms with Gasteiger partial charge in [0.1, 0.15) is 0 Å². The summed E-state index contributed by atoms with van der Waals surface area (Å²) in [4.78, 5) is 12.0. The number of benzene rings is 1. The molecule has 1 aliphatic rings. The molecule has 0 spiro atoms. The molecule has 0 aromatic heterocycles. The van der Waals surface area contributed by atoms with Crippen LogP contribution in [0.5, 0.6) is 0 Å². The monoisotopic (exact) mass is 311 g/mol. The first-order valence-corrected chi connectivity index (χ1v) is 7.00. The van der Waals surface area contributed by atoms with E-state index < -0.39 is 0 Å². The van der Waals surface area contributed by atoms with Gasteiger partial charge in [-0.05, 0) is 55.4 Å². The molecule has 0 aliphatic heterocycles. The average Bonchev–Trinajstić information content (AvgIpc) is 3.06. The Morgan fingerprint density at radius 2 is 2.17 bits per heavy atom. The van der Waals surface area contributed by atoms with Crippen LogP contribution in [0.3, 0.4) is 0 Å². The molecule has 1 aliphatic carbocycles. The van der Waals surface area contributed by atoms with Gasteiger partial charge in [-0.25, -0.2) is 0 Å². The van der Waals surface area contributed by atoms with Crippen molar-refractivity contribution in [2.75, 3.05) is 13.2 Å². The molecule has 0 radical (unpaired) electrons. The number of aliphatic hydroxyl groups is 1. The van der Waals surface area contributed by atoms with E-state index in [2.05, 4.69) is 21.2 Å². The number of amides is 1. The molecule has 18 heavy (non-hydrogen) atoms. The van der Waals surface area contributed by atoms with Crippen LogP contribution in [0.1, 0.15) is 35.2 Å². The Balaban J connectivity index is 1.95. The van der Waals surface area contributed by atoms with E-state index in [0.717, 1.165) is 29.3 Å². The molecule has 1 fully saturated rings. The van der Waals surface area contributed by atoms with Gasteiger partial charge in [0.05, 0.1) is 0 Å². The molecule has 1 aromatic carbocycles. The number of aliphatic hydroxyl groups excluding tert-OH is 1. The fraction of sp³-hybridized carbons (Fsp3) is 0.500. The van der Waals surface area contributed by atoms with Gasteiger partial charge in [-0.1, -0.05) is 15.9 Å². The second-order valence-electron chi connectivity index (χ2n) is 5.17. The number of hydrogen-bond donors (Lipinski definition) is 2. The largest absolute Gasteiger partial charge is 0.396 e. The lowest BCUT2D eigenvalue weighted by Crippen LogP contribution is -2.30. The van der Waals surface area contributed by atoms with Gasteiger partial charge in [0, 0.05) is 23.2 Å². The first-order chi connectivity index (χ1) is 8.54. The number of carbonyl (C=O) groups excluding carboxylic acids is 1. The molecule has 0 unspecified atom stereocenters. The topological polar surface area (TPSA) is 49.3 Å². The van der Waals surface area contributed by atoms with Crippen molar-refractivity contribution >= 4 is 21.8 Å². The molecule has 2 rings (SSSR count). The predicted octanol–water partition coefficient (Wildman–Crippen LogP) is 2.65. The van der Waals surface area contributed by atoms with Gasteiger partial charge in [-0.3, -0.25) is 4.79 Å². The van der Waals surface area contributed by atoms with Gasteiger partial charge in [0.2, 0.25) is 0 Å². The lowest BCUT2D eigenvalue weighted by atomic mass is 10.0. The van der Waals surface area contributed by atoms with Crippen LogP contribution in [0.4, 0.5) is 0 Å². The zero-order valence-electron chi connectivity index (χ0n) is 10.5. The number of carbonyl (C=O) groups is 1. The highest BCUT2D eigenvalue weighted by molar-refractivity contribution is 9.10. The van der Waals surface area contributed by atoms with Crippen molar-refractivity contribution in [2.24, 2.45) is 5.41 Å². The zero-order valence-corrected chi connectivity index (χ0v) is 12.1. The Labute approximate surface area is 116 Å². The molecule has 1 amide bonds. The standard InChI is InChI=1S/C14H18BrNO2/c1-10-6-11(8-12(15)7-10)13(18)16-9-14(2-3-14)4-5-17/h6-8,17H,2-5,9H2,1H3,(H,16,18). The Kier molecular flexibility index (Phi) is 4.07. The molecule has 4 heteroatoms. The summed E-state index contributed by atoms with van der Waals surface area (Å²) < 4.78 is 0.921. The number of nitrogens with one attached hydrogen (secondary N) is 1. The summed E-state index contributed by atoms with van der Waals surface area (Å²) in [5, 5.41) is 11.9. The third-order valence-corrected chi connectivity index (χ3v) is 3.99. The van der Waals surface area contributed by atoms with Gasteiger partial charge in [-0.2, -0.15) is 0 Å². The second kappa shape index (κ2) is 5.41. The van der Waals surface area contributed by atoms with Gasteiger partial charge in [0.15, 0.2) is 0 Å². The van der Waals surface area contributed by atoms with E-state index in [1.807, 2.05) is 25.1 Å². The minimum atomic E-state index is -0.0383. The van der Waals surface area contributed by atoms with Crippen LogP contribution >= 0.6 is 15.9 Å². The molecule has 2 N–H and O–H groups in total. The van der Waals surface area contributed by atoms with Crippen LogP contribution in [0.25, 0.3) is 0 Å². The van der Waals surface area contributed by atoms with Crippen molar-refractivity contribution in [3.63, 3.8) is 0 Å². The highest BCUT2D eigenvalue weighted by Gasteiger charge is 2.41. The van der Waals surface area contributed by atoms with Crippen LogP contribution < -0.4 is 5.32 Å². The normalized spacial score (nSPS) is 16.4. The second-order valence-corrected chi connectivity index (χ2v) is 6.09. The fourth-order valence-electron chi connectivity index (χ4n) is 2.17. The van der Waals surface area contributed by atoms with Gasteiger partial charge in [0.25, 0.3) is 5.91 Å². The van der Waals surface area contributed by atoms with E-state index in [4.69, 9.17) is 5.11 Å². The Bertz CT molecular complexity index is 435. The molecular weight excluding hydrogens is 294 g/mol. The fourth-order valence-corrected chi connectivity index (χ4v) is 2.77. The maximum atomic E-state index is 12.0. The summed E-state index contributed by atoms with van der Waals surface area (Å²) in [6.07, 6.45) is 2.99. The van der Waals surface area contributed by atoms with Crippen molar-refractivity contribution < 1.29 is 9.90 Å². The maximum absolute atomic E-state index is 12.0. The number of halogens is 1. The smallest absolute Gasteiger partial charge is 0.251 e. The lowest BCUT2D eigenvalue weighted by Gasteiger charge is -2.14. The van der Waals surface area contributed by atoms with Crippen LogP contribution in [0.2, 0.25) is 0 Å². The summed E-state index contributed by atoms with van der Waals surface area (Å²) in [5.41, 5.74) is 1.90. The summed E-state index contributed by atoms with van der Waals surface area (Å²) in [7, 11) is 0. The Hall–Kier alpha value is -0.870. The number of rotatable bonds is 5. The molecule has 0 saturated heterocycles. The van der Waals surface area contributed by atoms with Crippen molar-refractivity contribution in [1.29, 1.82) is 0 Å². The number of aryl methyl sites for hydroxylation is 1. The molecule has 3 nitrogen and oxygen atoms in total. The van der Waals surface area contributed by atoms with E-state index in [1.54, 1.807) is 0 Å². The molecule has 0 bridgehead atoms.